The van der Waals surface area contributed by atoms with Gasteiger partial charge < -0.3 is 9.47 Å². The van der Waals surface area contributed by atoms with Crippen LogP contribution >= 0.6 is 0 Å². The minimum absolute atomic E-state index is 0.106. The molecular formula is C17H30O4. The molecule has 0 heterocycles. The third kappa shape index (κ3) is 5.18. The minimum Gasteiger partial charge on any atom is -0.465 e. The average molecular weight is 298 g/mol. The van der Waals surface area contributed by atoms with Crippen molar-refractivity contribution >= 4 is 11.9 Å². The molecule has 122 valence electrons. The fraction of sp³-hybridized carbons (Fsp3) is 0.765. The molecule has 0 rings (SSSR count). The number of esters is 2. The maximum atomic E-state index is 12.5. The van der Waals surface area contributed by atoms with E-state index in [1.807, 2.05) is 13.8 Å². The van der Waals surface area contributed by atoms with Crippen LogP contribution in [-0.4, -0.2) is 25.2 Å². The number of ether oxygens (including phenoxy) is 2. The van der Waals surface area contributed by atoms with E-state index in [0.29, 0.717) is 6.42 Å². The van der Waals surface area contributed by atoms with Crippen LogP contribution in [0.4, 0.5) is 0 Å². The van der Waals surface area contributed by atoms with Gasteiger partial charge in [0.25, 0.3) is 0 Å². The molecule has 0 aliphatic carbocycles. The van der Waals surface area contributed by atoms with E-state index in [0.717, 1.165) is 25.7 Å². The molecule has 0 saturated carbocycles. The zero-order chi connectivity index (χ0) is 16.3. The first kappa shape index (κ1) is 19.7. The molecule has 0 N–H and O–H groups in total. The van der Waals surface area contributed by atoms with E-state index in [-0.39, 0.29) is 19.1 Å². The number of unbranched alkanes of at least 4 members (excludes halogenated alkanes) is 1. The topological polar surface area (TPSA) is 52.6 Å². The number of rotatable bonds is 11. The molecule has 4 heteroatoms. The summed E-state index contributed by atoms with van der Waals surface area (Å²) in [7, 11) is 0. The molecule has 0 radical (unpaired) electrons. The van der Waals surface area contributed by atoms with Crippen molar-refractivity contribution in [2.75, 3.05) is 13.2 Å². The summed E-state index contributed by atoms with van der Waals surface area (Å²) in [5.41, 5.74) is -1.19. The molecule has 0 aromatic rings. The fourth-order valence-corrected chi connectivity index (χ4v) is 2.66. The Morgan fingerprint density at radius 3 is 2.05 bits per heavy atom. The summed E-state index contributed by atoms with van der Waals surface area (Å²) in [6.45, 7) is 11.7. The van der Waals surface area contributed by atoms with Gasteiger partial charge in [-0.25, -0.2) is 0 Å². The fourth-order valence-electron chi connectivity index (χ4n) is 2.66. The van der Waals surface area contributed by atoms with Crippen LogP contribution in [0.2, 0.25) is 0 Å². The first-order valence-electron chi connectivity index (χ1n) is 7.96. The lowest BCUT2D eigenvalue weighted by Crippen LogP contribution is -2.47. The minimum atomic E-state index is -1.19. The van der Waals surface area contributed by atoms with Gasteiger partial charge in [-0.1, -0.05) is 26.3 Å². The van der Waals surface area contributed by atoms with Gasteiger partial charge in [0, 0.05) is 0 Å². The molecule has 21 heavy (non-hydrogen) atoms. The van der Waals surface area contributed by atoms with Gasteiger partial charge in [-0.3, -0.25) is 9.59 Å². The summed E-state index contributed by atoms with van der Waals surface area (Å²) in [6.07, 6.45) is 5.41. The van der Waals surface area contributed by atoms with Crippen LogP contribution in [0, 0.1) is 11.3 Å². The van der Waals surface area contributed by atoms with Crippen LogP contribution in [0.5, 0.6) is 0 Å². The van der Waals surface area contributed by atoms with Crippen LogP contribution in [0.25, 0.3) is 0 Å². The Kier molecular flexibility index (Phi) is 9.76. The highest BCUT2D eigenvalue weighted by molar-refractivity contribution is 6.00. The van der Waals surface area contributed by atoms with Gasteiger partial charge in [0.15, 0.2) is 5.41 Å². The summed E-state index contributed by atoms with van der Waals surface area (Å²) >= 11 is 0. The number of carbonyl (C=O) groups is 2. The highest BCUT2D eigenvalue weighted by Gasteiger charge is 2.52. The van der Waals surface area contributed by atoms with Crippen molar-refractivity contribution in [3.63, 3.8) is 0 Å². The lowest BCUT2D eigenvalue weighted by Gasteiger charge is -2.34. The molecule has 4 nitrogen and oxygen atoms in total. The molecule has 0 saturated heterocycles. The molecule has 1 unspecified atom stereocenters. The quantitative estimate of drug-likeness (QED) is 0.251. The molecule has 0 bridgehead atoms. The Labute approximate surface area is 128 Å². The van der Waals surface area contributed by atoms with Gasteiger partial charge in [0.2, 0.25) is 0 Å². The lowest BCUT2D eigenvalue weighted by atomic mass is 9.70. The van der Waals surface area contributed by atoms with Gasteiger partial charge in [-0.15, -0.1) is 6.58 Å². The van der Waals surface area contributed by atoms with E-state index >= 15 is 0 Å². The predicted molar refractivity (Wildman–Crippen MR) is 83.8 cm³/mol. The largest absolute Gasteiger partial charge is 0.465 e. The van der Waals surface area contributed by atoms with Crippen molar-refractivity contribution in [3.8, 4) is 0 Å². The van der Waals surface area contributed by atoms with Crippen molar-refractivity contribution in [2.24, 2.45) is 11.3 Å². The van der Waals surface area contributed by atoms with Gasteiger partial charge in [-0.2, -0.15) is 0 Å². The summed E-state index contributed by atoms with van der Waals surface area (Å²) in [6, 6.07) is 0. The molecule has 0 aliphatic rings. The van der Waals surface area contributed by atoms with Crippen molar-refractivity contribution in [1.82, 2.24) is 0 Å². The van der Waals surface area contributed by atoms with Gasteiger partial charge in [-0.05, 0) is 45.4 Å². The molecule has 0 aromatic carbocycles. The van der Waals surface area contributed by atoms with Gasteiger partial charge in [0.1, 0.15) is 0 Å². The highest BCUT2D eigenvalue weighted by Crippen LogP contribution is 2.39. The lowest BCUT2D eigenvalue weighted by molar-refractivity contribution is -0.177. The first-order valence-corrected chi connectivity index (χ1v) is 7.96. The second kappa shape index (κ2) is 10.4. The van der Waals surface area contributed by atoms with Crippen molar-refractivity contribution in [2.45, 2.75) is 59.8 Å². The molecular weight excluding hydrogens is 268 g/mol. The number of hydrogen-bond acceptors (Lipinski definition) is 4. The van der Waals surface area contributed by atoms with E-state index in [1.54, 1.807) is 19.9 Å². The zero-order valence-corrected chi connectivity index (χ0v) is 13.9. The van der Waals surface area contributed by atoms with E-state index in [2.05, 4.69) is 6.58 Å². The van der Waals surface area contributed by atoms with E-state index in [9.17, 15) is 9.59 Å². The van der Waals surface area contributed by atoms with E-state index in [1.165, 1.54) is 0 Å². The second-order valence-corrected chi connectivity index (χ2v) is 5.28. The van der Waals surface area contributed by atoms with E-state index < -0.39 is 17.4 Å². The molecule has 0 fully saturated rings. The third-order valence-corrected chi connectivity index (χ3v) is 3.82. The number of carbonyl (C=O) groups excluding carboxylic acids is 2. The van der Waals surface area contributed by atoms with Gasteiger partial charge >= 0.3 is 11.9 Å². The van der Waals surface area contributed by atoms with Gasteiger partial charge in [0.05, 0.1) is 13.2 Å². The van der Waals surface area contributed by atoms with Crippen LogP contribution in [0.3, 0.4) is 0 Å². The number of allylic oxidation sites excluding steroid dienone is 1. The molecule has 0 amide bonds. The van der Waals surface area contributed by atoms with Crippen LogP contribution in [0.1, 0.15) is 59.8 Å². The Balaban J connectivity index is 5.50. The average Bonchev–Trinajstić information content (AvgIpc) is 2.44. The Morgan fingerprint density at radius 1 is 1.14 bits per heavy atom. The molecule has 0 spiro atoms. The predicted octanol–water partition coefficient (Wildman–Crippen LogP) is 3.89. The molecule has 1 atom stereocenters. The maximum absolute atomic E-state index is 12.5. The van der Waals surface area contributed by atoms with Crippen LogP contribution < -0.4 is 0 Å². The van der Waals surface area contributed by atoms with Crippen molar-refractivity contribution in [3.05, 3.63) is 12.7 Å². The standard InChI is InChI=1S/C17H30O4/c1-6-10-11-13-17(14(5)12-7-2,15(18)20-8-3)16(19)21-9-4/h6,14H,1,7-13H2,2-5H3. The SMILES string of the molecule is C=CCCCC(C(=O)OCC)(C(=O)OCC)C(C)CCC. The first-order chi connectivity index (χ1) is 10.0. The Bertz CT molecular complexity index is 318. The summed E-state index contributed by atoms with van der Waals surface area (Å²) in [5.74, 6) is -1.01. The monoisotopic (exact) mass is 298 g/mol. The summed E-state index contributed by atoms with van der Waals surface area (Å²) in [5, 5.41) is 0. The number of hydrogen-bond donors (Lipinski definition) is 0. The third-order valence-electron chi connectivity index (χ3n) is 3.82. The molecule has 0 aliphatic heterocycles. The Hall–Kier alpha value is -1.32. The van der Waals surface area contributed by atoms with Crippen LogP contribution in [-0.2, 0) is 19.1 Å². The van der Waals surface area contributed by atoms with E-state index in [4.69, 9.17) is 9.47 Å². The van der Waals surface area contributed by atoms with Crippen molar-refractivity contribution < 1.29 is 19.1 Å². The summed E-state index contributed by atoms with van der Waals surface area (Å²) in [4.78, 5) is 25.1. The van der Waals surface area contributed by atoms with Crippen molar-refractivity contribution in [1.29, 1.82) is 0 Å². The molecule has 0 aromatic heterocycles. The normalized spacial score (nSPS) is 12.6. The second-order valence-electron chi connectivity index (χ2n) is 5.28. The summed E-state index contributed by atoms with van der Waals surface area (Å²) < 4.78 is 10.4. The zero-order valence-electron chi connectivity index (χ0n) is 13.9. The highest BCUT2D eigenvalue weighted by atomic mass is 16.6. The Morgan fingerprint density at radius 2 is 1.67 bits per heavy atom. The maximum Gasteiger partial charge on any atom is 0.323 e. The smallest absolute Gasteiger partial charge is 0.323 e. The van der Waals surface area contributed by atoms with Crippen LogP contribution in [0.15, 0.2) is 12.7 Å².